The summed E-state index contributed by atoms with van der Waals surface area (Å²) in [6.07, 6.45) is 1.17. The Morgan fingerprint density at radius 2 is 1.84 bits per heavy atom. The van der Waals surface area contributed by atoms with Crippen LogP contribution in [0.15, 0.2) is 4.99 Å². The Kier molecular flexibility index (Phi) is 11.9. The second-order valence-electron chi connectivity index (χ2n) is 7.55. The quantitative estimate of drug-likeness (QED) is 0.337. The molecule has 1 fully saturated rings. The Labute approximate surface area is 154 Å². The zero-order valence-electron chi connectivity index (χ0n) is 17.0. The first-order valence-corrected chi connectivity index (χ1v) is 9.94. The largest absolute Gasteiger partial charge is 0.379 e. The highest BCUT2D eigenvalue weighted by Gasteiger charge is 2.21. The lowest BCUT2D eigenvalue weighted by Crippen LogP contribution is -2.46. The topological polar surface area (TPSA) is 58.1 Å². The van der Waals surface area contributed by atoms with Gasteiger partial charge in [0.25, 0.3) is 0 Å². The number of guanidine groups is 1. The van der Waals surface area contributed by atoms with E-state index in [4.69, 9.17) is 14.5 Å². The van der Waals surface area contributed by atoms with Crippen LogP contribution in [0.4, 0.5) is 0 Å². The van der Waals surface area contributed by atoms with Crippen molar-refractivity contribution < 1.29 is 9.47 Å². The minimum atomic E-state index is 0.483. The van der Waals surface area contributed by atoms with Gasteiger partial charge in [-0.1, -0.05) is 27.7 Å². The molecule has 0 amide bonds. The molecule has 0 spiro atoms. The Balaban J connectivity index is 2.48. The molecule has 0 bridgehead atoms. The molecule has 1 aliphatic heterocycles. The number of hydrogen-bond acceptors (Lipinski definition) is 4. The standard InChI is InChI=1S/C19H40N4O2/c1-6-20-19(21-7-10-25-15-17(4)5)22-14-18(13-16(2)3)23-8-11-24-12-9-23/h16-18H,6-15H2,1-5H3,(H2,20,21,22). The summed E-state index contributed by atoms with van der Waals surface area (Å²) in [6, 6.07) is 0.483. The molecule has 1 heterocycles. The number of ether oxygens (including phenoxy) is 2. The summed E-state index contributed by atoms with van der Waals surface area (Å²) < 4.78 is 11.1. The van der Waals surface area contributed by atoms with E-state index in [1.54, 1.807) is 0 Å². The predicted molar refractivity (Wildman–Crippen MR) is 105 cm³/mol. The van der Waals surface area contributed by atoms with Crippen molar-refractivity contribution >= 4 is 5.96 Å². The Hall–Kier alpha value is -0.850. The minimum absolute atomic E-state index is 0.483. The molecule has 0 aromatic rings. The third kappa shape index (κ3) is 10.7. The highest BCUT2D eigenvalue weighted by Crippen LogP contribution is 2.14. The van der Waals surface area contributed by atoms with Crippen molar-refractivity contribution in [1.29, 1.82) is 0 Å². The van der Waals surface area contributed by atoms with Gasteiger partial charge in [0.05, 0.1) is 26.4 Å². The van der Waals surface area contributed by atoms with Gasteiger partial charge < -0.3 is 20.1 Å². The SMILES string of the molecule is CCNC(=NCC(CC(C)C)N1CCOCC1)NCCOCC(C)C. The van der Waals surface area contributed by atoms with Gasteiger partial charge in [0.15, 0.2) is 5.96 Å². The van der Waals surface area contributed by atoms with E-state index in [0.717, 1.165) is 58.5 Å². The molecular weight excluding hydrogens is 316 g/mol. The van der Waals surface area contributed by atoms with Gasteiger partial charge in [-0.25, -0.2) is 0 Å². The van der Waals surface area contributed by atoms with E-state index in [2.05, 4.69) is 50.2 Å². The van der Waals surface area contributed by atoms with Gasteiger partial charge in [-0.3, -0.25) is 9.89 Å². The van der Waals surface area contributed by atoms with Crippen LogP contribution in [0.2, 0.25) is 0 Å². The summed E-state index contributed by atoms with van der Waals surface area (Å²) in [4.78, 5) is 7.36. The predicted octanol–water partition coefficient (Wildman–Crippen LogP) is 1.96. The van der Waals surface area contributed by atoms with E-state index < -0.39 is 0 Å². The fourth-order valence-corrected chi connectivity index (χ4v) is 2.92. The van der Waals surface area contributed by atoms with Crippen LogP contribution in [0.25, 0.3) is 0 Å². The lowest BCUT2D eigenvalue weighted by atomic mass is 10.0. The van der Waals surface area contributed by atoms with Gasteiger partial charge >= 0.3 is 0 Å². The lowest BCUT2D eigenvalue weighted by Gasteiger charge is -2.34. The molecule has 1 saturated heterocycles. The molecule has 0 aliphatic carbocycles. The molecule has 1 rings (SSSR count). The summed E-state index contributed by atoms with van der Waals surface area (Å²) in [6.45, 7) is 18.7. The van der Waals surface area contributed by atoms with E-state index in [1.807, 2.05) is 0 Å². The molecule has 148 valence electrons. The number of rotatable bonds is 11. The van der Waals surface area contributed by atoms with Crippen LogP contribution in [-0.2, 0) is 9.47 Å². The minimum Gasteiger partial charge on any atom is -0.379 e. The first-order valence-electron chi connectivity index (χ1n) is 9.94. The van der Waals surface area contributed by atoms with Crippen molar-refractivity contribution in [2.45, 2.75) is 47.1 Å². The average Bonchev–Trinajstić information content (AvgIpc) is 2.58. The molecule has 0 radical (unpaired) electrons. The normalized spacial score (nSPS) is 18.0. The number of hydrogen-bond donors (Lipinski definition) is 2. The Morgan fingerprint density at radius 3 is 2.44 bits per heavy atom. The van der Waals surface area contributed by atoms with Crippen LogP contribution < -0.4 is 10.6 Å². The summed E-state index contributed by atoms with van der Waals surface area (Å²) in [5.74, 6) is 2.13. The van der Waals surface area contributed by atoms with Gasteiger partial charge in [-0.05, 0) is 25.2 Å². The molecule has 0 saturated carbocycles. The van der Waals surface area contributed by atoms with Gasteiger partial charge in [-0.2, -0.15) is 0 Å². The molecule has 1 aliphatic rings. The second-order valence-corrected chi connectivity index (χ2v) is 7.55. The van der Waals surface area contributed by atoms with Crippen molar-refractivity contribution in [3.63, 3.8) is 0 Å². The molecule has 1 atom stereocenters. The highest BCUT2D eigenvalue weighted by atomic mass is 16.5. The molecule has 25 heavy (non-hydrogen) atoms. The average molecular weight is 357 g/mol. The van der Waals surface area contributed by atoms with Gasteiger partial charge in [0.1, 0.15) is 0 Å². The Morgan fingerprint density at radius 1 is 1.12 bits per heavy atom. The molecule has 0 aromatic carbocycles. The van der Waals surface area contributed by atoms with Gasteiger partial charge in [-0.15, -0.1) is 0 Å². The molecule has 2 N–H and O–H groups in total. The molecule has 0 aromatic heterocycles. The molecular formula is C19H40N4O2. The van der Waals surface area contributed by atoms with Gasteiger partial charge in [0.2, 0.25) is 0 Å². The van der Waals surface area contributed by atoms with Crippen LogP contribution >= 0.6 is 0 Å². The first kappa shape index (κ1) is 22.2. The molecule has 1 unspecified atom stereocenters. The van der Waals surface area contributed by atoms with Crippen LogP contribution in [0.1, 0.15) is 41.0 Å². The van der Waals surface area contributed by atoms with Gasteiger partial charge in [0, 0.05) is 38.8 Å². The van der Waals surface area contributed by atoms with E-state index in [0.29, 0.717) is 24.5 Å². The van der Waals surface area contributed by atoms with E-state index in [-0.39, 0.29) is 0 Å². The third-order valence-corrected chi connectivity index (χ3v) is 4.10. The number of nitrogens with zero attached hydrogens (tertiary/aromatic N) is 2. The fraction of sp³-hybridized carbons (Fsp3) is 0.947. The highest BCUT2D eigenvalue weighted by molar-refractivity contribution is 5.79. The number of aliphatic imine (C=N–C) groups is 1. The molecule has 6 nitrogen and oxygen atoms in total. The van der Waals surface area contributed by atoms with Crippen molar-refractivity contribution in [2.24, 2.45) is 16.8 Å². The summed E-state index contributed by atoms with van der Waals surface area (Å²) >= 11 is 0. The van der Waals surface area contributed by atoms with Crippen LogP contribution in [-0.4, -0.2) is 76.1 Å². The maximum Gasteiger partial charge on any atom is 0.191 e. The van der Waals surface area contributed by atoms with Crippen LogP contribution in [0.5, 0.6) is 0 Å². The summed E-state index contributed by atoms with van der Waals surface area (Å²) in [5, 5.41) is 6.71. The van der Waals surface area contributed by atoms with E-state index in [9.17, 15) is 0 Å². The Bertz CT molecular complexity index is 355. The number of nitrogens with one attached hydrogen (secondary N) is 2. The van der Waals surface area contributed by atoms with Crippen LogP contribution in [0, 0.1) is 11.8 Å². The van der Waals surface area contributed by atoms with Crippen molar-refractivity contribution in [2.75, 3.05) is 59.2 Å². The lowest BCUT2D eigenvalue weighted by molar-refractivity contribution is 0.0143. The van der Waals surface area contributed by atoms with E-state index >= 15 is 0 Å². The second kappa shape index (κ2) is 13.4. The third-order valence-electron chi connectivity index (χ3n) is 4.10. The maximum absolute atomic E-state index is 5.63. The van der Waals surface area contributed by atoms with E-state index in [1.165, 1.54) is 6.42 Å². The number of morpholine rings is 1. The maximum atomic E-state index is 5.63. The summed E-state index contributed by atoms with van der Waals surface area (Å²) in [7, 11) is 0. The fourth-order valence-electron chi connectivity index (χ4n) is 2.92. The first-order chi connectivity index (χ1) is 12.0. The van der Waals surface area contributed by atoms with Crippen LogP contribution in [0.3, 0.4) is 0 Å². The monoisotopic (exact) mass is 356 g/mol. The van der Waals surface area contributed by atoms with Crippen molar-refractivity contribution in [3.05, 3.63) is 0 Å². The summed E-state index contributed by atoms with van der Waals surface area (Å²) in [5.41, 5.74) is 0. The smallest absolute Gasteiger partial charge is 0.191 e. The van der Waals surface area contributed by atoms with Crippen molar-refractivity contribution in [3.8, 4) is 0 Å². The molecule has 6 heteroatoms. The zero-order valence-corrected chi connectivity index (χ0v) is 17.0. The van der Waals surface area contributed by atoms with Crippen molar-refractivity contribution in [1.82, 2.24) is 15.5 Å². The zero-order chi connectivity index (χ0) is 18.5.